The van der Waals surface area contributed by atoms with Crippen LogP contribution in [0.2, 0.25) is 0 Å². The van der Waals surface area contributed by atoms with Crippen LogP contribution in [-0.2, 0) is 0 Å². The molecular formula is C18H12F2N2O2S. The number of hydrogen-bond acceptors (Lipinski definition) is 5. The van der Waals surface area contributed by atoms with Crippen molar-refractivity contribution in [2.75, 3.05) is 0 Å². The van der Waals surface area contributed by atoms with Crippen molar-refractivity contribution in [1.82, 2.24) is 9.97 Å². The second kappa shape index (κ2) is 7.76. The van der Waals surface area contributed by atoms with E-state index in [1.54, 1.807) is 12.3 Å². The molecular weight excluding hydrogens is 346 g/mol. The normalized spacial score (nSPS) is 11.2. The van der Waals surface area contributed by atoms with Gasteiger partial charge in [0.25, 0.3) is 0 Å². The summed E-state index contributed by atoms with van der Waals surface area (Å²) in [5.74, 6) is -0.244. The molecule has 0 aliphatic heterocycles. The number of thiazole rings is 1. The smallest absolute Gasteiger partial charge is 0.387 e. The van der Waals surface area contributed by atoms with Crippen molar-refractivity contribution in [3.63, 3.8) is 0 Å². The third kappa shape index (κ3) is 4.54. The number of aromatic nitrogens is 2. The van der Waals surface area contributed by atoms with Crippen LogP contribution in [0.1, 0.15) is 16.1 Å². The van der Waals surface area contributed by atoms with E-state index in [9.17, 15) is 13.6 Å². The first kappa shape index (κ1) is 16.9. The maximum Gasteiger partial charge on any atom is 0.387 e. The van der Waals surface area contributed by atoms with Gasteiger partial charge in [0.05, 0.1) is 11.4 Å². The Morgan fingerprint density at radius 2 is 1.96 bits per heavy atom. The van der Waals surface area contributed by atoms with Gasteiger partial charge in [-0.15, -0.1) is 11.3 Å². The first-order valence-corrected chi connectivity index (χ1v) is 8.14. The molecule has 0 N–H and O–H groups in total. The van der Waals surface area contributed by atoms with Gasteiger partial charge in [0.1, 0.15) is 10.8 Å². The van der Waals surface area contributed by atoms with Crippen LogP contribution in [0.5, 0.6) is 5.75 Å². The van der Waals surface area contributed by atoms with Crippen molar-refractivity contribution in [2.45, 2.75) is 6.61 Å². The number of pyridine rings is 1. The van der Waals surface area contributed by atoms with Crippen LogP contribution >= 0.6 is 11.3 Å². The van der Waals surface area contributed by atoms with E-state index >= 15 is 0 Å². The van der Waals surface area contributed by atoms with Crippen LogP contribution in [0.15, 0.2) is 60.1 Å². The summed E-state index contributed by atoms with van der Waals surface area (Å²) < 4.78 is 28.4. The second-order valence-corrected chi connectivity index (χ2v) is 5.75. The number of allylic oxidation sites excluding steroid dienone is 1. The summed E-state index contributed by atoms with van der Waals surface area (Å²) in [6, 6.07) is 11.1. The second-order valence-electron chi connectivity index (χ2n) is 4.89. The average Bonchev–Trinajstić information content (AvgIpc) is 3.10. The lowest BCUT2D eigenvalue weighted by atomic mass is 10.1. The molecule has 7 heteroatoms. The number of ether oxygens (including phenoxy) is 1. The molecule has 0 bridgehead atoms. The Bertz CT molecular complexity index is 878. The maximum atomic E-state index is 12.1. The van der Waals surface area contributed by atoms with E-state index in [1.807, 2.05) is 23.6 Å². The van der Waals surface area contributed by atoms with Crippen molar-refractivity contribution in [3.8, 4) is 16.5 Å². The molecule has 0 fully saturated rings. The highest BCUT2D eigenvalue weighted by Gasteiger charge is 2.07. The van der Waals surface area contributed by atoms with Crippen LogP contribution in [-0.4, -0.2) is 22.4 Å². The lowest BCUT2D eigenvalue weighted by Gasteiger charge is -2.04. The minimum Gasteiger partial charge on any atom is -0.435 e. The van der Waals surface area contributed by atoms with E-state index < -0.39 is 6.61 Å². The van der Waals surface area contributed by atoms with Crippen LogP contribution in [0.4, 0.5) is 8.78 Å². The van der Waals surface area contributed by atoms with E-state index in [0.717, 1.165) is 10.7 Å². The number of ketones is 1. The van der Waals surface area contributed by atoms with Crippen LogP contribution < -0.4 is 4.74 Å². The molecule has 0 saturated heterocycles. The number of benzene rings is 1. The molecule has 4 nitrogen and oxygen atoms in total. The Hall–Kier alpha value is -2.93. The van der Waals surface area contributed by atoms with Gasteiger partial charge in [-0.2, -0.15) is 8.78 Å². The van der Waals surface area contributed by atoms with Crippen LogP contribution in [0.3, 0.4) is 0 Å². The molecule has 0 unspecified atom stereocenters. The molecule has 25 heavy (non-hydrogen) atoms. The molecule has 0 atom stereocenters. The topological polar surface area (TPSA) is 52.1 Å². The molecule has 126 valence electrons. The number of halogens is 2. The number of carbonyl (C=O) groups excluding carboxylic acids is 1. The third-order valence-electron chi connectivity index (χ3n) is 3.18. The Morgan fingerprint density at radius 3 is 2.64 bits per heavy atom. The Labute approximate surface area is 146 Å². The van der Waals surface area contributed by atoms with Gasteiger partial charge >= 0.3 is 6.61 Å². The lowest BCUT2D eigenvalue weighted by Crippen LogP contribution is -2.02. The molecule has 0 aliphatic carbocycles. The average molecular weight is 358 g/mol. The van der Waals surface area contributed by atoms with Gasteiger partial charge in [-0.25, -0.2) is 4.98 Å². The van der Waals surface area contributed by atoms with Gasteiger partial charge in [-0.1, -0.05) is 6.07 Å². The minimum absolute atomic E-state index is 0.00929. The maximum absolute atomic E-state index is 12.1. The molecule has 3 aromatic rings. The van der Waals surface area contributed by atoms with Crippen molar-refractivity contribution in [3.05, 3.63) is 71.4 Å². The van der Waals surface area contributed by atoms with Crippen LogP contribution in [0.25, 0.3) is 16.8 Å². The van der Waals surface area contributed by atoms with Crippen molar-refractivity contribution in [1.29, 1.82) is 0 Å². The van der Waals surface area contributed by atoms with Crippen LogP contribution in [0, 0.1) is 0 Å². The Balaban J connectivity index is 1.67. The van der Waals surface area contributed by atoms with E-state index in [1.165, 1.54) is 41.7 Å². The predicted octanol–water partition coefficient (Wildman–Crippen LogP) is 4.70. The zero-order valence-corrected chi connectivity index (χ0v) is 13.6. The fourth-order valence-electron chi connectivity index (χ4n) is 2.03. The summed E-state index contributed by atoms with van der Waals surface area (Å²) in [6.45, 7) is -2.89. The Morgan fingerprint density at radius 1 is 1.16 bits per heavy atom. The highest BCUT2D eigenvalue weighted by atomic mass is 32.1. The molecule has 0 spiro atoms. The standard InChI is InChI=1S/C18H12F2N2O2S/c19-18(20)24-14-7-4-12(5-8-14)16(23)9-6-13-11-25-17(22-13)15-3-1-2-10-21-15/h1-11,18H/b9-6+. The van der Waals surface area contributed by atoms with Gasteiger partial charge in [0.15, 0.2) is 5.78 Å². The lowest BCUT2D eigenvalue weighted by molar-refractivity contribution is -0.0498. The van der Waals surface area contributed by atoms with Gasteiger partial charge in [-0.3, -0.25) is 9.78 Å². The van der Waals surface area contributed by atoms with Gasteiger partial charge in [0, 0.05) is 17.1 Å². The SMILES string of the molecule is O=C(/C=C/c1csc(-c2ccccn2)n1)c1ccc(OC(F)F)cc1. The third-order valence-corrected chi connectivity index (χ3v) is 4.06. The number of rotatable bonds is 6. The summed E-state index contributed by atoms with van der Waals surface area (Å²) in [7, 11) is 0. The van der Waals surface area contributed by atoms with Gasteiger partial charge in [0.2, 0.25) is 0 Å². The zero-order chi connectivity index (χ0) is 17.6. The fraction of sp³-hybridized carbons (Fsp3) is 0.0556. The summed E-state index contributed by atoms with van der Waals surface area (Å²) in [6.07, 6.45) is 4.69. The van der Waals surface area contributed by atoms with Crippen molar-refractivity contribution >= 4 is 23.2 Å². The Kier molecular flexibility index (Phi) is 5.25. The van der Waals surface area contributed by atoms with Crippen molar-refractivity contribution in [2.24, 2.45) is 0 Å². The largest absolute Gasteiger partial charge is 0.435 e. The molecule has 2 aromatic heterocycles. The first-order chi connectivity index (χ1) is 12.1. The zero-order valence-electron chi connectivity index (χ0n) is 12.8. The molecule has 0 saturated carbocycles. The van der Waals surface area contributed by atoms with Gasteiger partial charge < -0.3 is 4.74 Å². The number of nitrogens with zero attached hydrogens (tertiary/aromatic N) is 2. The molecule has 0 amide bonds. The number of carbonyl (C=O) groups is 1. The number of alkyl halides is 2. The summed E-state index contributed by atoms with van der Waals surface area (Å²) in [5.41, 5.74) is 1.79. The van der Waals surface area contributed by atoms with E-state index in [-0.39, 0.29) is 11.5 Å². The molecule has 1 aromatic carbocycles. The predicted molar refractivity (Wildman–Crippen MR) is 91.8 cm³/mol. The molecule has 0 radical (unpaired) electrons. The molecule has 2 heterocycles. The monoisotopic (exact) mass is 358 g/mol. The highest BCUT2D eigenvalue weighted by Crippen LogP contribution is 2.22. The summed E-state index contributed by atoms with van der Waals surface area (Å²) >= 11 is 1.43. The summed E-state index contributed by atoms with van der Waals surface area (Å²) in [5, 5.41) is 2.59. The quantitative estimate of drug-likeness (QED) is 0.473. The first-order valence-electron chi connectivity index (χ1n) is 7.26. The van der Waals surface area contributed by atoms with Crippen molar-refractivity contribution < 1.29 is 18.3 Å². The minimum atomic E-state index is -2.89. The van der Waals surface area contributed by atoms with E-state index in [4.69, 9.17) is 0 Å². The molecule has 0 aliphatic rings. The number of hydrogen-bond donors (Lipinski definition) is 0. The highest BCUT2D eigenvalue weighted by molar-refractivity contribution is 7.13. The molecule has 3 rings (SSSR count). The fourth-order valence-corrected chi connectivity index (χ4v) is 2.79. The van der Waals surface area contributed by atoms with Gasteiger partial charge in [-0.05, 0) is 48.6 Å². The summed E-state index contributed by atoms with van der Waals surface area (Å²) in [4.78, 5) is 20.7. The van der Waals surface area contributed by atoms with E-state index in [0.29, 0.717) is 11.3 Å². The van der Waals surface area contributed by atoms with E-state index in [2.05, 4.69) is 14.7 Å².